The Kier molecular flexibility index (Phi) is 4.12. The summed E-state index contributed by atoms with van der Waals surface area (Å²) < 4.78 is 6.13. The van der Waals surface area contributed by atoms with Crippen molar-refractivity contribution >= 4 is 33.2 Å². The number of nitrogens with two attached hydrogens (primary N) is 1. The summed E-state index contributed by atoms with van der Waals surface area (Å²) in [7, 11) is 0. The van der Waals surface area contributed by atoms with Gasteiger partial charge in [-0.2, -0.15) is 0 Å². The third-order valence-electron chi connectivity index (χ3n) is 1.53. The highest BCUT2D eigenvalue weighted by atomic mass is 79.9. The molecule has 0 heterocycles. The topological polar surface area (TPSA) is 35.2 Å². The van der Waals surface area contributed by atoms with Crippen molar-refractivity contribution in [3.63, 3.8) is 0 Å². The average Bonchev–Trinajstić information content (AvgIpc) is 2.09. The summed E-state index contributed by atoms with van der Waals surface area (Å²) in [6.07, 6.45) is 5.65. The molecule has 0 unspecified atom stereocenters. The zero-order chi connectivity index (χ0) is 10.6. The smallest absolute Gasteiger partial charge is 0.156 e. The molecule has 0 aliphatic carbocycles. The number of hydrogen-bond acceptors (Lipinski definition) is 2. The van der Waals surface area contributed by atoms with E-state index in [2.05, 4.69) is 21.9 Å². The highest BCUT2D eigenvalue weighted by molar-refractivity contribution is 9.10. The van der Waals surface area contributed by atoms with E-state index in [1.807, 2.05) is 0 Å². The molecule has 0 radical (unpaired) electrons. The molecule has 1 rings (SSSR count). The van der Waals surface area contributed by atoms with Gasteiger partial charge in [-0.05, 0) is 28.1 Å². The molecule has 0 atom stereocenters. The Hall–Kier alpha value is -0.850. The lowest BCUT2D eigenvalue weighted by Gasteiger charge is -2.09. The van der Waals surface area contributed by atoms with E-state index in [-0.39, 0.29) is 0 Å². The summed E-state index contributed by atoms with van der Waals surface area (Å²) in [5.74, 6) is 3.07. The Labute approximate surface area is 96.5 Å². The zero-order valence-corrected chi connectivity index (χ0v) is 9.73. The van der Waals surface area contributed by atoms with Crippen LogP contribution < -0.4 is 10.5 Å². The fourth-order valence-corrected chi connectivity index (χ4v) is 1.89. The molecule has 1 aromatic rings. The zero-order valence-electron chi connectivity index (χ0n) is 7.39. The summed E-state index contributed by atoms with van der Waals surface area (Å²) >= 11 is 9.09. The van der Waals surface area contributed by atoms with Crippen molar-refractivity contribution in [1.29, 1.82) is 0 Å². The van der Waals surface area contributed by atoms with E-state index in [1.165, 1.54) is 0 Å². The van der Waals surface area contributed by atoms with E-state index >= 15 is 0 Å². The molecule has 0 aliphatic heterocycles. The molecule has 74 valence electrons. The van der Waals surface area contributed by atoms with Crippen LogP contribution in [0.25, 0.3) is 0 Å². The van der Waals surface area contributed by atoms with Gasteiger partial charge in [-0.3, -0.25) is 0 Å². The molecule has 0 bridgehead atoms. The summed E-state index contributed by atoms with van der Waals surface area (Å²) in [4.78, 5) is 0. The molecule has 0 saturated carbocycles. The third-order valence-corrected chi connectivity index (χ3v) is 2.34. The molecule has 0 aromatic heterocycles. The van der Waals surface area contributed by atoms with Gasteiger partial charge in [0.15, 0.2) is 5.75 Å². The van der Waals surface area contributed by atoms with E-state index in [0.29, 0.717) is 29.5 Å². The molecule has 1 aromatic carbocycles. The van der Waals surface area contributed by atoms with Gasteiger partial charge in [0, 0.05) is 11.4 Å². The van der Waals surface area contributed by atoms with Crippen molar-refractivity contribution in [3.05, 3.63) is 21.6 Å². The first kappa shape index (κ1) is 11.2. The summed E-state index contributed by atoms with van der Waals surface area (Å²) in [5.41, 5.74) is 6.21. The van der Waals surface area contributed by atoms with E-state index < -0.39 is 0 Å². The lowest BCUT2D eigenvalue weighted by molar-refractivity contribution is 0.327. The Morgan fingerprint density at radius 2 is 2.29 bits per heavy atom. The first-order valence-corrected chi connectivity index (χ1v) is 5.13. The van der Waals surface area contributed by atoms with Crippen LogP contribution in [0, 0.1) is 12.3 Å². The first-order chi connectivity index (χ1) is 6.65. The second kappa shape index (κ2) is 5.14. The minimum atomic E-state index is 0.445. The lowest BCUT2D eigenvalue weighted by Crippen LogP contribution is -2.00. The number of rotatable bonds is 3. The second-order valence-corrected chi connectivity index (χ2v) is 3.90. The van der Waals surface area contributed by atoms with Crippen LogP contribution in [-0.4, -0.2) is 6.61 Å². The number of benzene rings is 1. The van der Waals surface area contributed by atoms with Crippen molar-refractivity contribution < 1.29 is 4.74 Å². The van der Waals surface area contributed by atoms with E-state index in [4.69, 9.17) is 28.5 Å². The minimum Gasteiger partial charge on any atom is -0.489 e. The normalized spacial score (nSPS) is 9.50. The van der Waals surface area contributed by atoms with Gasteiger partial charge in [-0.25, -0.2) is 0 Å². The number of terminal acetylenes is 1. The van der Waals surface area contributed by atoms with Crippen LogP contribution in [0.2, 0.25) is 5.02 Å². The maximum atomic E-state index is 5.79. The Balaban J connectivity index is 2.81. The van der Waals surface area contributed by atoms with Gasteiger partial charge in [0.25, 0.3) is 0 Å². The maximum absolute atomic E-state index is 5.79. The molecule has 2 nitrogen and oxygen atoms in total. The van der Waals surface area contributed by atoms with Crippen molar-refractivity contribution in [2.24, 2.45) is 0 Å². The summed E-state index contributed by atoms with van der Waals surface area (Å²) in [6, 6.07) is 3.36. The van der Waals surface area contributed by atoms with Crippen molar-refractivity contribution in [2.75, 3.05) is 12.3 Å². The predicted octanol–water partition coefficient (Wildman–Crippen LogP) is 3.09. The van der Waals surface area contributed by atoms with Gasteiger partial charge in [0.1, 0.15) is 0 Å². The highest BCUT2D eigenvalue weighted by Gasteiger charge is 2.06. The molecule has 0 fully saturated rings. The standard InChI is InChI=1S/C10H9BrClNO/c1-2-3-4-14-10-8(11)5-7(12)6-9(10)13/h1,5-6H,3-4,13H2. The van der Waals surface area contributed by atoms with Gasteiger partial charge < -0.3 is 10.5 Å². The predicted molar refractivity (Wildman–Crippen MR) is 62.5 cm³/mol. The van der Waals surface area contributed by atoms with Crippen LogP contribution in [0.4, 0.5) is 5.69 Å². The fraction of sp³-hybridized carbons (Fsp3) is 0.200. The van der Waals surface area contributed by atoms with Crippen LogP contribution >= 0.6 is 27.5 Å². The first-order valence-electron chi connectivity index (χ1n) is 3.96. The average molecular weight is 275 g/mol. The number of nitrogen functional groups attached to an aromatic ring is 1. The maximum Gasteiger partial charge on any atom is 0.156 e. The van der Waals surface area contributed by atoms with E-state index in [1.54, 1.807) is 12.1 Å². The van der Waals surface area contributed by atoms with Crippen LogP contribution in [-0.2, 0) is 0 Å². The summed E-state index contributed by atoms with van der Waals surface area (Å²) in [6.45, 7) is 0.445. The van der Waals surface area contributed by atoms with Gasteiger partial charge >= 0.3 is 0 Å². The molecule has 2 N–H and O–H groups in total. The second-order valence-electron chi connectivity index (χ2n) is 2.61. The molecule has 0 saturated heterocycles. The molecule has 0 amide bonds. The third kappa shape index (κ3) is 2.83. The Morgan fingerprint density at radius 1 is 1.57 bits per heavy atom. The minimum absolute atomic E-state index is 0.445. The number of anilines is 1. The lowest BCUT2D eigenvalue weighted by atomic mass is 10.3. The molecule has 14 heavy (non-hydrogen) atoms. The fourth-order valence-electron chi connectivity index (χ4n) is 0.945. The van der Waals surface area contributed by atoms with Crippen LogP contribution in [0.5, 0.6) is 5.75 Å². The highest BCUT2D eigenvalue weighted by Crippen LogP contribution is 2.34. The molecular weight excluding hydrogens is 265 g/mol. The van der Waals surface area contributed by atoms with E-state index in [9.17, 15) is 0 Å². The molecule has 0 spiro atoms. The van der Waals surface area contributed by atoms with Crippen LogP contribution in [0.15, 0.2) is 16.6 Å². The Bertz CT molecular complexity index is 350. The van der Waals surface area contributed by atoms with Crippen LogP contribution in [0.1, 0.15) is 6.42 Å². The van der Waals surface area contributed by atoms with Crippen molar-refractivity contribution in [2.45, 2.75) is 6.42 Å². The van der Waals surface area contributed by atoms with E-state index in [0.717, 1.165) is 4.47 Å². The quantitative estimate of drug-likeness (QED) is 0.522. The molecule has 4 heteroatoms. The largest absolute Gasteiger partial charge is 0.489 e. The van der Waals surface area contributed by atoms with Gasteiger partial charge in [-0.15, -0.1) is 12.3 Å². The van der Waals surface area contributed by atoms with Gasteiger partial charge in [0.05, 0.1) is 16.8 Å². The SMILES string of the molecule is C#CCCOc1c(N)cc(Cl)cc1Br. The number of halogens is 2. The number of hydrogen-bond donors (Lipinski definition) is 1. The monoisotopic (exact) mass is 273 g/mol. The van der Waals surface area contributed by atoms with Crippen molar-refractivity contribution in [1.82, 2.24) is 0 Å². The Morgan fingerprint density at radius 3 is 2.86 bits per heavy atom. The van der Waals surface area contributed by atoms with Gasteiger partial charge in [0.2, 0.25) is 0 Å². The van der Waals surface area contributed by atoms with Crippen molar-refractivity contribution in [3.8, 4) is 18.1 Å². The van der Waals surface area contributed by atoms with Gasteiger partial charge in [-0.1, -0.05) is 11.6 Å². The molecular formula is C10H9BrClNO. The summed E-state index contributed by atoms with van der Waals surface area (Å²) in [5, 5.41) is 0.568. The van der Waals surface area contributed by atoms with Crippen LogP contribution in [0.3, 0.4) is 0 Å². The molecule has 0 aliphatic rings. The number of ether oxygens (including phenoxy) is 1.